The quantitative estimate of drug-likeness (QED) is 0.512. The van der Waals surface area contributed by atoms with Crippen molar-refractivity contribution in [2.45, 2.75) is 26.8 Å². The van der Waals surface area contributed by atoms with Gasteiger partial charge in [-0.15, -0.1) is 0 Å². The van der Waals surface area contributed by atoms with E-state index in [4.69, 9.17) is 17.0 Å². The lowest BCUT2D eigenvalue weighted by molar-refractivity contribution is -0.132. The molecule has 2 N–H and O–H groups in total. The maximum absolute atomic E-state index is 11.9. The van der Waals surface area contributed by atoms with Crippen molar-refractivity contribution in [2.75, 3.05) is 33.4 Å². The zero-order valence-corrected chi connectivity index (χ0v) is 11.9. The van der Waals surface area contributed by atoms with Gasteiger partial charge in [-0.05, 0) is 33.0 Å². The molecule has 0 aromatic heterocycles. The minimum Gasteiger partial charge on any atom is -0.383 e. The number of hydrogen-bond acceptors (Lipinski definition) is 3. The molecule has 0 aliphatic carbocycles. The van der Waals surface area contributed by atoms with Gasteiger partial charge in [-0.3, -0.25) is 4.79 Å². The lowest BCUT2D eigenvalue weighted by Crippen LogP contribution is -2.50. The molecular formula is C11H23N3O2S. The van der Waals surface area contributed by atoms with Crippen LogP contribution >= 0.6 is 12.2 Å². The molecule has 0 spiro atoms. The summed E-state index contributed by atoms with van der Waals surface area (Å²) in [5.74, 6) is 0.0610. The molecule has 1 unspecified atom stereocenters. The lowest BCUT2D eigenvalue weighted by atomic mass is 10.3. The Balaban J connectivity index is 4.02. The normalized spacial score (nSPS) is 11.8. The van der Waals surface area contributed by atoms with Gasteiger partial charge in [0.05, 0.1) is 6.61 Å². The second-order valence-corrected chi connectivity index (χ2v) is 4.03. The number of nitrogens with zero attached hydrogens (tertiary/aromatic N) is 1. The first-order valence-electron chi connectivity index (χ1n) is 5.88. The lowest BCUT2D eigenvalue weighted by Gasteiger charge is -2.24. The molecule has 0 fully saturated rings. The van der Waals surface area contributed by atoms with Crippen molar-refractivity contribution < 1.29 is 9.53 Å². The van der Waals surface area contributed by atoms with E-state index in [1.165, 1.54) is 0 Å². The third kappa shape index (κ3) is 6.43. The third-order valence-corrected chi connectivity index (χ3v) is 2.65. The maximum Gasteiger partial charge on any atom is 0.244 e. The summed E-state index contributed by atoms with van der Waals surface area (Å²) in [5.41, 5.74) is 0. The van der Waals surface area contributed by atoms with E-state index >= 15 is 0 Å². The zero-order valence-electron chi connectivity index (χ0n) is 11.1. The average Bonchev–Trinajstić information content (AvgIpc) is 2.30. The van der Waals surface area contributed by atoms with Gasteiger partial charge in [-0.25, -0.2) is 0 Å². The SMILES string of the molecule is CCN(CC)C(=O)C(C)NC(=S)NCCOC. The minimum atomic E-state index is -0.308. The van der Waals surface area contributed by atoms with E-state index < -0.39 is 0 Å². The van der Waals surface area contributed by atoms with E-state index in [-0.39, 0.29) is 11.9 Å². The molecule has 0 rings (SSSR count). The van der Waals surface area contributed by atoms with Crippen molar-refractivity contribution in [3.8, 4) is 0 Å². The first kappa shape index (κ1) is 16.1. The van der Waals surface area contributed by atoms with Gasteiger partial charge in [0.1, 0.15) is 6.04 Å². The summed E-state index contributed by atoms with van der Waals surface area (Å²) < 4.78 is 4.89. The molecule has 0 bridgehead atoms. The fraction of sp³-hybridized carbons (Fsp3) is 0.818. The maximum atomic E-state index is 11.9. The Hall–Kier alpha value is -0.880. The van der Waals surface area contributed by atoms with Crippen LogP contribution in [0.2, 0.25) is 0 Å². The van der Waals surface area contributed by atoms with Crippen LogP contribution in [0.25, 0.3) is 0 Å². The van der Waals surface area contributed by atoms with Crippen molar-refractivity contribution >= 4 is 23.2 Å². The summed E-state index contributed by atoms with van der Waals surface area (Å²) in [6, 6.07) is -0.308. The molecule has 0 aliphatic heterocycles. The van der Waals surface area contributed by atoms with Gasteiger partial charge < -0.3 is 20.3 Å². The third-order valence-electron chi connectivity index (χ3n) is 2.38. The van der Waals surface area contributed by atoms with E-state index in [1.54, 1.807) is 12.0 Å². The van der Waals surface area contributed by atoms with E-state index in [9.17, 15) is 4.79 Å². The van der Waals surface area contributed by atoms with Crippen molar-refractivity contribution in [3.63, 3.8) is 0 Å². The van der Waals surface area contributed by atoms with Crippen LogP contribution in [0, 0.1) is 0 Å². The number of hydrogen-bond donors (Lipinski definition) is 2. The number of amides is 1. The van der Waals surface area contributed by atoms with Gasteiger partial charge in [0, 0.05) is 26.7 Å². The Kier molecular flexibility index (Phi) is 8.71. The molecule has 0 aliphatic rings. The van der Waals surface area contributed by atoms with E-state index in [0.717, 1.165) is 0 Å². The summed E-state index contributed by atoms with van der Waals surface area (Å²) in [4.78, 5) is 13.7. The molecule has 1 amide bonds. The highest BCUT2D eigenvalue weighted by molar-refractivity contribution is 7.80. The Morgan fingerprint density at radius 2 is 2.00 bits per heavy atom. The van der Waals surface area contributed by atoms with Gasteiger partial charge in [0.2, 0.25) is 5.91 Å². The van der Waals surface area contributed by atoms with Crippen LogP contribution in [0.5, 0.6) is 0 Å². The predicted molar refractivity (Wildman–Crippen MR) is 73.0 cm³/mol. The second kappa shape index (κ2) is 9.18. The molecule has 0 aromatic carbocycles. The van der Waals surface area contributed by atoms with E-state index in [0.29, 0.717) is 31.4 Å². The highest BCUT2D eigenvalue weighted by Gasteiger charge is 2.18. The summed E-state index contributed by atoms with van der Waals surface area (Å²) in [7, 11) is 1.63. The van der Waals surface area contributed by atoms with Crippen LogP contribution in [-0.2, 0) is 9.53 Å². The number of likely N-dealkylation sites (N-methyl/N-ethyl adjacent to an activating group) is 1. The summed E-state index contributed by atoms with van der Waals surface area (Å²) in [6.45, 7) is 8.38. The van der Waals surface area contributed by atoms with Gasteiger partial charge in [0.25, 0.3) is 0 Å². The number of rotatable bonds is 7. The molecule has 1 atom stereocenters. The minimum absolute atomic E-state index is 0.0610. The Bertz CT molecular complexity index is 245. The van der Waals surface area contributed by atoms with Gasteiger partial charge in [-0.1, -0.05) is 0 Å². The van der Waals surface area contributed by atoms with Crippen LogP contribution < -0.4 is 10.6 Å². The van der Waals surface area contributed by atoms with Crippen molar-refractivity contribution in [1.82, 2.24) is 15.5 Å². The molecule has 0 aromatic rings. The molecule has 6 heteroatoms. The fourth-order valence-corrected chi connectivity index (χ4v) is 1.66. The van der Waals surface area contributed by atoms with Crippen LogP contribution in [-0.4, -0.2) is 55.3 Å². The number of carbonyl (C=O) groups excluding carboxylic acids is 1. The molecule has 5 nitrogen and oxygen atoms in total. The molecule has 0 heterocycles. The molecular weight excluding hydrogens is 238 g/mol. The Morgan fingerprint density at radius 1 is 1.41 bits per heavy atom. The number of methoxy groups -OCH3 is 1. The van der Waals surface area contributed by atoms with Crippen LogP contribution in [0.15, 0.2) is 0 Å². The van der Waals surface area contributed by atoms with Crippen LogP contribution in [0.1, 0.15) is 20.8 Å². The van der Waals surface area contributed by atoms with Gasteiger partial charge >= 0.3 is 0 Å². The second-order valence-electron chi connectivity index (χ2n) is 3.63. The summed E-state index contributed by atoms with van der Waals surface area (Å²) in [6.07, 6.45) is 0. The average molecular weight is 261 g/mol. The zero-order chi connectivity index (χ0) is 13.3. The first-order chi connectivity index (χ1) is 8.06. The number of carbonyl (C=O) groups is 1. The first-order valence-corrected chi connectivity index (χ1v) is 6.29. The monoisotopic (exact) mass is 261 g/mol. The summed E-state index contributed by atoms with van der Waals surface area (Å²) >= 11 is 5.07. The van der Waals surface area contributed by atoms with Gasteiger partial charge in [-0.2, -0.15) is 0 Å². The highest BCUT2D eigenvalue weighted by atomic mass is 32.1. The van der Waals surface area contributed by atoms with Crippen LogP contribution in [0.3, 0.4) is 0 Å². The Morgan fingerprint density at radius 3 is 2.47 bits per heavy atom. The number of nitrogens with one attached hydrogen (secondary N) is 2. The largest absolute Gasteiger partial charge is 0.383 e. The number of ether oxygens (including phenoxy) is 1. The van der Waals surface area contributed by atoms with Crippen molar-refractivity contribution in [1.29, 1.82) is 0 Å². The fourth-order valence-electron chi connectivity index (χ4n) is 1.39. The molecule has 0 radical (unpaired) electrons. The topological polar surface area (TPSA) is 53.6 Å². The smallest absolute Gasteiger partial charge is 0.244 e. The van der Waals surface area contributed by atoms with Crippen molar-refractivity contribution in [3.05, 3.63) is 0 Å². The van der Waals surface area contributed by atoms with Crippen molar-refractivity contribution in [2.24, 2.45) is 0 Å². The van der Waals surface area contributed by atoms with E-state index in [1.807, 2.05) is 20.8 Å². The van der Waals surface area contributed by atoms with Gasteiger partial charge in [0.15, 0.2) is 5.11 Å². The molecule has 17 heavy (non-hydrogen) atoms. The molecule has 0 saturated carbocycles. The predicted octanol–water partition coefficient (Wildman–Crippen LogP) is 0.354. The summed E-state index contributed by atoms with van der Waals surface area (Å²) in [5, 5.41) is 6.41. The standard InChI is InChI=1S/C11H23N3O2S/c1-5-14(6-2)10(15)9(3)13-11(17)12-7-8-16-4/h9H,5-8H2,1-4H3,(H2,12,13,17). The van der Waals surface area contributed by atoms with Crippen LogP contribution in [0.4, 0.5) is 0 Å². The molecule has 0 saturated heterocycles. The molecule has 100 valence electrons. The van der Waals surface area contributed by atoms with E-state index in [2.05, 4.69) is 10.6 Å². The highest BCUT2D eigenvalue weighted by Crippen LogP contribution is 1.94. The number of thiocarbonyl (C=S) groups is 1. The Labute approximate surface area is 109 Å².